The molecular formula is C100H82. The Morgan fingerprint density at radius 3 is 1.12 bits per heavy atom. The normalized spacial score (nSPS) is 12.9. The van der Waals surface area contributed by atoms with E-state index < -0.39 is 0 Å². The SMILES string of the molecule is Cc1cc2ccc3cccc4ccc(c1)c2c34.Cc1ccc2c(c1)-c1ccccc1C2(C)C.Cc1ccc2c(c1)C(C)(C)c1ccccc1-2.Cc1ccc2c3ccccc3c3ccccc3c2c1.Cc1ccc2ccc3cccc4ccc1c2c34.Cc1ccc2ccc3ccccc3c2c1. The third kappa shape index (κ3) is 11.2. The number of hydrogen-bond donors (Lipinski definition) is 0. The van der Waals surface area contributed by atoms with Crippen molar-refractivity contribution < 1.29 is 0 Å². The quantitative estimate of drug-likeness (QED) is 0.133. The first-order valence-corrected chi connectivity index (χ1v) is 35.4. The zero-order valence-electron chi connectivity index (χ0n) is 59.0. The van der Waals surface area contributed by atoms with Gasteiger partial charge in [0, 0.05) is 10.8 Å². The molecule has 0 saturated carbocycles. The Hall–Kier alpha value is -11.4. The first-order valence-electron chi connectivity index (χ1n) is 35.4. The summed E-state index contributed by atoms with van der Waals surface area (Å²) in [6.07, 6.45) is 0. The maximum atomic E-state index is 2.33. The lowest BCUT2D eigenvalue weighted by molar-refractivity contribution is 0.660. The molecule has 0 unspecified atom stereocenters. The highest BCUT2D eigenvalue weighted by molar-refractivity contribution is 6.26. The van der Waals surface area contributed by atoms with Crippen LogP contribution >= 0.6 is 0 Å². The maximum absolute atomic E-state index is 2.33. The summed E-state index contributed by atoms with van der Waals surface area (Å²) < 4.78 is 0. The van der Waals surface area contributed by atoms with Crippen LogP contribution in [0.4, 0.5) is 0 Å². The van der Waals surface area contributed by atoms with Crippen LogP contribution in [-0.4, -0.2) is 0 Å². The minimum absolute atomic E-state index is 0.151. The lowest BCUT2D eigenvalue weighted by atomic mass is 9.82. The molecule has 0 spiro atoms. The molecule has 2 aliphatic carbocycles. The number of fused-ring (bicyclic) bond motifs is 15. The standard InChI is InChI=1S/C19H14.2C17H12.2C16H16.C15H12/c1-13-10-11-18-16-8-3-2-6-14(16)15-7-4-5-9-17(15)19(18)12-13;1-11-9-14-7-5-12-3-2-4-13-6-8-15(10-11)17(14)16(12)13;1-11-5-6-14-8-7-12-3-2-4-13-9-10-15(11)17(14)16(12)13;1-11-8-9-15-13(10-11)12-6-4-5-7-14(12)16(15,2)3;1-11-8-9-13-12-6-4-5-7-14(12)16(2,3)15(13)10-11;1-11-6-7-13-9-8-12-4-2-3-5-14(12)15(13)10-11/h2-12H,1H3;2*2-10H,1H3;2*4-10H,1-3H3;2-10H,1H3. The van der Waals surface area contributed by atoms with Crippen LogP contribution in [0.5, 0.6) is 0 Å². The molecule has 0 heteroatoms. The van der Waals surface area contributed by atoms with Crippen LogP contribution in [0.1, 0.15) is 83.3 Å². The summed E-state index contributed by atoms with van der Waals surface area (Å²) in [5.41, 5.74) is 19.8. The van der Waals surface area contributed by atoms with Crippen molar-refractivity contribution in [3.05, 3.63) is 371 Å². The molecule has 0 N–H and O–H groups in total. The molecule has 0 bridgehead atoms. The Balaban J connectivity index is 0.0000000935. The fourth-order valence-corrected chi connectivity index (χ4v) is 16.6. The topological polar surface area (TPSA) is 0 Å². The second-order valence-corrected chi connectivity index (χ2v) is 29.1. The Bertz CT molecular complexity index is 6230. The van der Waals surface area contributed by atoms with Gasteiger partial charge in [-0.3, -0.25) is 0 Å². The number of benzene rings is 19. The molecule has 482 valence electrons. The molecule has 19 aromatic rings. The molecule has 0 saturated heterocycles. The zero-order chi connectivity index (χ0) is 68.6. The molecule has 0 aromatic heterocycles. The van der Waals surface area contributed by atoms with Gasteiger partial charge < -0.3 is 0 Å². The van der Waals surface area contributed by atoms with Crippen LogP contribution in [0.2, 0.25) is 0 Å². The fraction of sp³-hybridized carbons (Fsp3) is 0.120. The van der Waals surface area contributed by atoms with E-state index in [2.05, 4.69) is 385 Å². The van der Waals surface area contributed by atoms with Gasteiger partial charge in [0.15, 0.2) is 0 Å². The summed E-state index contributed by atoms with van der Waals surface area (Å²) in [6, 6.07) is 115. The van der Waals surface area contributed by atoms with Crippen LogP contribution in [0.3, 0.4) is 0 Å². The van der Waals surface area contributed by atoms with E-state index in [1.165, 1.54) is 196 Å². The Kier molecular flexibility index (Phi) is 16.1. The lowest BCUT2D eigenvalue weighted by Crippen LogP contribution is -2.14. The first-order chi connectivity index (χ1) is 48.6. The van der Waals surface area contributed by atoms with Crippen LogP contribution in [0, 0.1) is 41.5 Å². The van der Waals surface area contributed by atoms with Crippen molar-refractivity contribution in [3.8, 4) is 22.3 Å². The van der Waals surface area contributed by atoms with Crippen LogP contribution in [-0.2, 0) is 10.8 Å². The second-order valence-electron chi connectivity index (χ2n) is 29.1. The van der Waals surface area contributed by atoms with E-state index in [1.807, 2.05) is 0 Å². The van der Waals surface area contributed by atoms with Gasteiger partial charge >= 0.3 is 0 Å². The molecule has 0 heterocycles. The third-order valence-electron chi connectivity index (χ3n) is 21.6. The average molecular weight is 1280 g/mol. The Morgan fingerprint density at radius 2 is 0.510 bits per heavy atom. The summed E-state index contributed by atoms with van der Waals surface area (Å²) in [6.45, 7) is 22.2. The highest BCUT2D eigenvalue weighted by Gasteiger charge is 2.36. The molecule has 19 aromatic carbocycles. The van der Waals surface area contributed by atoms with Gasteiger partial charge in [0.2, 0.25) is 0 Å². The fourth-order valence-electron chi connectivity index (χ4n) is 16.6. The highest BCUT2D eigenvalue weighted by Crippen LogP contribution is 2.50. The Labute approximate surface area is 588 Å². The zero-order valence-corrected chi connectivity index (χ0v) is 59.0. The van der Waals surface area contributed by atoms with Crippen molar-refractivity contribution in [1.82, 2.24) is 0 Å². The number of aryl methyl sites for hydroxylation is 6. The third-order valence-corrected chi connectivity index (χ3v) is 21.6. The molecule has 0 radical (unpaired) electrons. The monoisotopic (exact) mass is 1280 g/mol. The maximum Gasteiger partial charge on any atom is 0.0158 e. The molecular weight excluding hydrogens is 1200 g/mol. The van der Waals surface area contributed by atoms with E-state index in [1.54, 1.807) is 0 Å². The van der Waals surface area contributed by atoms with Gasteiger partial charge in [-0.25, -0.2) is 0 Å². The minimum Gasteiger partial charge on any atom is -0.0619 e. The average Bonchev–Trinajstić information content (AvgIpc) is 1.36. The highest BCUT2D eigenvalue weighted by atomic mass is 14.4. The molecule has 21 rings (SSSR count). The van der Waals surface area contributed by atoms with E-state index in [-0.39, 0.29) is 10.8 Å². The largest absolute Gasteiger partial charge is 0.0619 e. The van der Waals surface area contributed by atoms with Crippen LogP contribution in [0.15, 0.2) is 315 Å². The van der Waals surface area contributed by atoms with E-state index in [0.29, 0.717) is 0 Å². The van der Waals surface area contributed by atoms with Crippen molar-refractivity contribution in [1.29, 1.82) is 0 Å². The van der Waals surface area contributed by atoms with Gasteiger partial charge in [-0.1, -0.05) is 365 Å². The van der Waals surface area contributed by atoms with Gasteiger partial charge in [-0.15, -0.1) is 0 Å². The number of rotatable bonds is 0. The molecule has 2 aliphatic rings. The summed E-state index contributed by atoms with van der Waals surface area (Å²) in [5, 5.41) is 29.8. The van der Waals surface area contributed by atoms with Crippen LogP contribution in [0.25, 0.3) is 141 Å². The molecule has 0 amide bonds. The van der Waals surface area contributed by atoms with E-state index in [4.69, 9.17) is 0 Å². The van der Waals surface area contributed by atoms with Gasteiger partial charge in [0.1, 0.15) is 0 Å². The van der Waals surface area contributed by atoms with Gasteiger partial charge in [0.05, 0.1) is 0 Å². The van der Waals surface area contributed by atoms with Gasteiger partial charge in [-0.05, 0) is 216 Å². The van der Waals surface area contributed by atoms with Crippen molar-refractivity contribution in [2.24, 2.45) is 0 Å². The molecule has 0 atom stereocenters. The second kappa shape index (κ2) is 25.4. The van der Waals surface area contributed by atoms with Crippen molar-refractivity contribution in [3.63, 3.8) is 0 Å². The number of hydrogen-bond acceptors (Lipinski definition) is 0. The van der Waals surface area contributed by atoms with Crippen molar-refractivity contribution in [2.75, 3.05) is 0 Å². The predicted molar refractivity (Wildman–Crippen MR) is 437 cm³/mol. The summed E-state index contributed by atoms with van der Waals surface area (Å²) in [4.78, 5) is 0. The van der Waals surface area contributed by atoms with Crippen molar-refractivity contribution in [2.45, 2.75) is 80.1 Å². The Morgan fingerprint density at radius 1 is 0.170 bits per heavy atom. The van der Waals surface area contributed by atoms with E-state index in [9.17, 15) is 0 Å². The van der Waals surface area contributed by atoms with E-state index in [0.717, 1.165) is 0 Å². The van der Waals surface area contributed by atoms with Gasteiger partial charge in [-0.2, -0.15) is 0 Å². The first kappa shape index (κ1) is 63.3. The summed E-state index contributed by atoms with van der Waals surface area (Å²) in [7, 11) is 0. The van der Waals surface area contributed by atoms with Gasteiger partial charge in [0.25, 0.3) is 0 Å². The minimum atomic E-state index is 0.151. The summed E-state index contributed by atoms with van der Waals surface area (Å²) >= 11 is 0. The smallest absolute Gasteiger partial charge is 0.0158 e. The van der Waals surface area contributed by atoms with E-state index >= 15 is 0 Å². The molecule has 0 aliphatic heterocycles. The molecule has 0 nitrogen and oxygen atoms in total. The van der Waals surface area contributed by atoms with Crippen molar-refractivity contribution >= 4 is 118 Å². The summed E-state index contributed by atoms with van der Waals surface area (Å²) in [5.74, 6) is 0. The van der Waals surface area contributed by atoms with Crippen LogP contribution < -0.4 is 0 Å². The molecule has 100 heavy (non-hydrogen) atoms. The lowest BCUT2D eigenvalue weighted by Gasteiger charge is -2.21. The molecule has 0 fully saturated rings. The predicted octanol–water partition coefficient (Wildman–Crippen LogP) is 28.1.